The van der Waals surface area contributed by atoms with Gasteiger partial charge in [0.25, 0.3) is 0 Å². The molecule has 6 heteroatoms. The topological polar surface area (TPSA) is 63.8 Å². The van der Waals surface area contributed by atoms with Crippen molar-refractivity contribution in [2.45, 2.75) is 13.5 Å². The number of carbonyl (C=O) groups is 1. The number of aromatic nitrogens is 1. The van der Waals surface area contributed by atoms with Crippen molar-refractivity contribution in [2.24, 2.45) is 12.2 Å². The summed E-state index contributed by atoms with van der Waals surface area (Å²) in [7, 11) is 2.03. The van der Waals surface area contributed by atoms with E-state index in [2.05, 4.69) is 37.8 Å². The van der Waals surface area contributed by atoms with Gasteiger partial charge in [-0.1, -0.05) is 29.4 Å². The van der Waals surface area contributed by atoms with Gasteiger partial charge < -0.3 is 14.5 Å². The molecular formula is C19H17BrN2O3. The molecule has 0 atom stereocenters. The SMILES string of the molecule is Cc1c(C=NOCc2ccc(C(=O)O)c(Br)c2)c2ccccc2n1C. The zero-order chi connectivity index (χ0) is 18.0. The first-order valence-electron chi connectivity index (χ1n) is 7.70. The number of oxime groups is 1. The van der Waals surface area contributed by atoms with Crippen molar-refractivity contribution >= 4 is 39.0 Å². The number of nitrogens with zero attached hydrogens (tertiary/aromatic N) is 2. The van der Waals surface area contributed by atoms with Crippen molar-refractivity contribution in [3.63, 3.8) is 0 Å². The Morgan fingerprint density at radius 1 is 1.32 bits per heavy atom. The second-order valence-corrected chi connectivity index (χ2v) is 6.56. The summed E-state index contributed by atoms with van der Waals surface area (Å²) in [6, 6.07) is 13.1. The Bertz CT molecular complexity index is 976. The van der Waals surface area contributed by atoms with Gasteiger partial charge in [0.15, 0.2) is 0 Å². The van der Waals surface area contributed by atoms with Crippen LogP contribution in [0.3, 0.4) is 0 Å². The van der Waals surface area contributed by atoms with Gasteiger partial charge in [0.05, 0.1) is 11.8 Å². The minimum absolute atomic E-state index is 0.221. The van der Waals surface area contributed by atoms with E-state index in [1.54, 1.807) is 24.4 Å². The maximum Gasteiger partial charge on any atom is 0.336 e. The molecule has 2 aromatic carbocycles. The second-order valence-electron chi connectivity index (χ2n) is 5.70. The van der Waals surface area contributed by atoms with Crippen LogP contribution in [0.15, 0.2) is 52.1 Å². The van der Waals surface area contributed by atoms with Crippen LogP contribution in [-0.4, -0.2) is 21.9 Å². The molecule has 25 heavy (non-hydrogen) atoms. The molecule has 0 aliphatic carbocycles. The smallest absolute Gasteiger partial charge is 0.336 e. The summed E-state index contributed by atoms with van der Waals surface area (Å²) in [6.45, 7) is 2.31. The summed E-state index contributed by atoms with van der Waals surface area (Å²) in [5.74, 6) is -0.969. The first-order chi connectivity index (χ1) is 12.0. The summed E-state index contributed by atoms with van der Waals surface area (Å²) < 4.78 is 2.65. The van der Waals surface area contributed by atoms with Gasteiger partial charge in [-0.25, -0.2) is 4.79 Å². The predicted molar refractivity (Wildman–Crippen MR) is 101 cm³/mol. The van der Waals surface area contributed by atoms with Crippen LogP contribution in [0.4, 0.5) is 0 Å². The number of halogens is 1. The molecule has 3 rings (SSSR count). The highest BCUT2D eigenvalue weighted by Crippen LogP contribution is 2.23. The Balaban J connectivity index is 1.74. The number of rotatable bonds is 5. The highest BCUT2D eigenvalue weighted by molar-refractivity contribution is 9.10. The Morgan fingerprint density at radius 3 is 2.80 bits per heavy atom. The van der Waals surface area contributed by atoms with E-state index in [-0.39, 0.29) is 12.2 Å². The number of hydrogen-bond acceptors (Lipinski definition) is 3. The lowest BCUT2D eigenvalue weighted by atomic mass is 10.1. The highest BCUT2D eigenvalue weighted by atomic mass is 79.9. The van der Waals surface area contributed by atoms with Gasteiger partial charge in [0, 0.05) is 33.7 Å². The van der Waals surface area contributed by atoms with Gasteiger partial charge in [0.2, 0.25) is 0 Å². The molecule has 3 aromatic rings. The molecule has 1 heterocycles. The minimum atomic E-state index is -0.969. The van der Waals surface area contributed by atoms with Crippen LogP contribution in [0, 0.1) is 6.92 Å². The van der Waals surface area contributed by atoms with E-state index in [0.29, 0.717) is 4.47 Å². The van der Waals surface area contributed by atoms with E-state index in [0.717, 1.165) is 27.7 Å². The Hall–Kier alpha value is -2.60. The number of para-hydroxylation sites is 1. The lowest BCUT2D eigenvalue weighted by Gasteiger charge is -2.03. The number of carboxylic acids is 1. The maximum absolute atomic E-state index is 11.0. The van der Waals surface area contributed by atoms with Gasteiger partial charge in [0.1, 0.15) is 6.61 Å². The lowest BCUT2D eigenvalue weighted by molar-refractivity contribution is 0.0695. The molecule has 1 aromatic heterocycles. The van der Waals surface area contributed by atoms with Crippen LogP contribution in [0.25, 0.3) is 10.9 Å². The Labute approximate surface area is 153 Å². The fourth-order valence-corrected chi connectivity index (χ4v) is 3.33. The molecule has 0 saturated carbocycles. The van der Waals surface area contributed by atoms with Crippen molar-refractivity contribution in [2.75, 3.05) is 0 Å². The molecule has 0 radical (unpaired) electrons. The van der Waals surface area contributed by atoms with E-state index < -0.39 is 5.97 Å². The zero-order valence-corrected chi connectivity index (χ0v) is 15.4. The molecule has 0 amide bonds. The number of hydrogen-bond donors (Lipinski definition) is 1. The summed E-state index contributed by atoms with van der Waals surface area (Å²) in [6.07, 6.45) is 1.72. The van der Waals surface area contributed by atoms with E-state index in [1.807, 2.05) is 26.1 Å². The number of aryl methyl sites for hydroxylation is 1. The quantitative estimate of drug-likeness (QED) is 0.506. The number of carboxylic acid groups (broad SMARTS) is 1. The maximum atomic E-state index is 11.0. The number of aromatic carboxylic acids is 1. The van der Waals surface area contributed by atoms with E-state index in [4.69, 9.17) is 9.94 Å². The fourth-order valence-electron chi connectivity index (χ4n) is 2.74. The van der Waals surface area contributed by atoms with Crippen LogP contribution < -0.4 is 0 Å². The molecule has 0 aliphatic rings. The fraction of sp³-hybridized carbons (Fsp3) is 0.158. The molecule has 5 nitrogen and oxygen atoms in total. The monoisotopic (exact) mass is 400 g/mol. The average molecular weight is 401 g/mol. The molecule has 0 bridgehead atoms. The van der Waals surface area contributed by atoms with Gasteiger partial charge in [-0.15, -0.1) is 0 Å². The summed E-state index contributed by atoms with van der Waals surface area (Å²) in [4.78, 5) is 16.4. The molecule has 128 valence electrons. The first-order valence-corrected chi connectivity index (χ1v) is 8.49. The third kappa shape index (κ3) is 3.44. The molecule has 0 unspecified atom stereocenters. The van der Waals surface area contributed by atoms with Crippen molar-refractivity contribution in [3.8, 4) is 0 Å². The van der Waals surface area contributed by atoms with E-state index >= 15 is 0 Å². The van der Waals surface area contributed by atoms with Crippen molar-refractivity contribution < 1.29 is 14.7 Å². The number of fused-ring (bicyclic) bond motifs is 1. The third-order valence-electron chi connectivity index (χ3n) is 4.20. The van der Waals surface area contributed by atoms with Crippen LogP contribution in [0.2, 0.25) is 0 Å². The van der Waals surface area contributed by atoms with Crippen molar-refractivity contribution in [3.05, 3.63) is 69.3 Å². The summed E-state index contributed by atoms with van der Waals surface area (Å²) in [5.41, 5.74) is 4.35. The van der Waals surface area contributed by atoms with E-state index in [9.17, 15) is 4.79 Å². The van der Waals surface area contributed by atoms with E-state index in [1.165, 1.54) is 0 Å². The molecule has 1 N–H and O–H groups in total. The molecule has 0 aliphatic heterocycles. The second kappa shape index (κ2) is 7.11. The van der Waals surface area contributed by atoms with Gasteiger partial charge >= 0.3 is 5.97 Å². The Morgan fingerprint density at radius 2 is 2.08 bits per heavy atom. The van der Waals surface area contributed by atoms with Gasteiger partial charge in [-0.2, -0.15) is 0 Å². The lowest BCUT2D eigenvalue weighted by Crippen LogP contribution is -1.98. The predicted octanol–water partition coefficient (Wildman–Crippen LogP) is 4.50. The summed E-state index contributed by atoms with van der Waals surface area (Å²) in [5, 5.41) is 14.2. The van der Waals surface area contributed by atoms with Crippen molar-refractivity contribution in [1.29, 1.82) is 0 Å². The largest absolute Gasteiger partial charge is 0.478 e. The van der Waals surface area contributed by atoms with Crippen molar-refractivity contribution in [1.82, 2.24) is 4.57 Å². The Kier molecular flexibility index (Phi) is 4.90. The normalized spacial score (nSPS) is 11.3. The molecular weight excluding hydrogens is 384 g/mol. The van der Waals surface area contributed by atoms with Crippen LogP contribution in [-0.2, 0) is 18.5 Å². The van der Waals surface area contributed by atoms with Crippen LogP contribution >= 0.6 is 15.9 Å². The summed E-state index contributed by atoms with van der Waals surface area (Å²) >= 11 is 3.26. The van der Waals surface area contributed by atoms with Gasteiger partial charge in [-0.05, 0) is 46.6 Å². The molecule has 0 saturated heterocycles. The minimum Gasteiger partial charge on any atom is -0.478 e. The van der Waals surface area contributed by atoms with Crippen LogP contribution in [0.5, 0.6) is 0 Å². The zero-order valence-electron chi connectivity index (χ0n) is 13.9. The van der Waals surface area contributed by atoms with Crippen LogP contribution in [0.1, 0.15) is 27.2 Å². The first kappa shape index (κ1) is 17.2. The third-order valence-corrected chi connectivity index (χ3v) is 4.86. The average Bonchev–Trinajstić information content (AvgIpc) is 2.83. The molecule has 0 fully saturated rings. The highest BCUT2D eigenvalue weighted by Gasteiger charge is 2.10. The molecule has 0 spiro atoms. The number of benzene rings is 2. The standard InChI is InChI=1S/C19H17BrN2O3/c1-12-16(14-5-3-4-6-18(14)22(12)2)10-21-25-11-13-7-8-15(19(23)24)17(20)9-13/h3-10H,11H2,1-2H3,(H,23,24). The van der Waals surface area contributed by atoms with Gasteiger partial charge in [-0.3, -0.25) is 0 Å².